The van der Waals surface area contributed by atoms with Crippen LogP contribution in [0.25, 0.3) is 0 Å². The summed E-state index contributed by atoms with van der Waals surface area (Å²) >= 11 is 1.14. The highest BCUT2D eigenvalue weighted by Crippen LogP contribution is 2.40. The van der Waals surface area contributed by atoms with Crippen molar-refractivity contribution in [2.24, 2.45) is 0 Å². The normalized spacial score (nSPS) is 20.9. The number of hydrogen-bond donors (Lipinski definition) is 3. The van der Waals surface area contributed by atoms with Crippen molar-refractivity contribution in [3.8, 4) is 0 Å². The van der Waals surface area contributed by atoms with Crippen molar-refractivity contribution in [2.45, 2.75) is 24.4 Å². The fraction of sp³-hybridized carbons (Fsp3) is 0.333. The number of fused-ring (bicyclic) bond motifs is 1. The Morgan fingerprint density at radius 3 is 2.65 bits per heavy atom. The number of aliphatic carboxylic acids is 2. The average molecular weight is 451 g/mol. The van der Waals surface area contributed by atoms with E-state index in [2.05, 4.69) is 5.32 Å². The predicted molar refractivity (Wildman–Crippen MR) is 103 cm³/mol. The number of rotatable bonds is 8. The molecule has 0 radical (unpaired) electrons. The van der Waals surface area contributed by atoms with E-state index in [0.29, 0.717) is 6.29 Å². The van der Waals surface area contributed by atoms with Gasteiger partial charge in [-0.2, -0.15) is 0 Å². The van der Waals surface area contributed by atoms with Gasteiger partial charge in [-0.15, -0.1) is 11.8 Å². The van der Waals surface area contributed by atoms with Crippen molar-refractivity contribution in [3.05, 3.63) is 35.3 Å². The van der Waals surface area contributed by atoms with Crippen molar-refractivity contribution in [3.63, 3.8) is 0 Å². The highest BCUT2D eigenvalue weighted by Gasteiger charge is 2.54. The highest BCUT2D eigenvalue weighted by atomic mass is 32.2. The molecule has 1 aromatic rings. The quantitative estimate of drug-likeness (QED) is 0.197. The van der Waals surface area contributed by atoms with E-state index in [1.54, 1.807) is 0 Å². The zero-order valence-corrected chi connectivity index (χ0v) is 16.8. The van der Waals surface area contributed by atoms with E-state index in [9.17, 15) is 39.0 Å². The Morgan fingerprint density at radius 1 is 1.35 bits per heavy atom. The number of thioether (sulfide) groups is 1. The molecule has 3 heterocycles. The lowest BCUT2D eigenvalue weighted by Gasteiger charge is -2.49. The van der Waals surface area contributed by atoms with Crippen LogP contribution in [0.4, 0.5) is 0 Å². The van der Waals surface area contributed by atoms with E-state index >= 15 is 0 Å². The SMILES string of the molecule is CC(=O)OCC1=C(C(=O)O)N2C(=O)C(NC(=O)C(C(=O)O)n3cccc3C=O)C2SC1. The number of carbonyl (C=O) groups excluding carboxylic acids is 4. The maximum atomic E-state index is 12.6. The second kappa shape index (κ2) is 8.63. The zero-order valence-electron chi connectivity index (χ0n) is 16.0. The summed E-state index contributed by atoms with van der Waals surface area (Å²) < 4.78 is 5.80. The number of nitrogens with zero attached hydrogens (tertiary/aromatic N) is 2. The van der Waals surface area contributed by atoms with Crippen molar-refractivity contribution >= 4 is 47.8 Å². The summed E-state index contributed by atoms with van der Waals surface area (Å²) in [6.45, 7) is 0.875. The second-order valence-electron chi connectivity index (χ2n) is 6.63. The monoisotopic (exact) mass is 451 g/mol. The van der Waals surface area contributed by atoms with Crippen LogP contribution >= 0.6 is 11.8 Å². The van der Waals surface area contributed by atoms with Gasteiger partial charge in [-0.05, 0) is 12.1 Å². The number of aromatic nitrogens is 1. The molecule has 3 unspecified atom stereocenters. The zero-order chi connectivity index (χ0) is 22.9. The Morgan fingerprint density at radius 2 is 2.06 bits per heavy atom. The Balaban J connectivity index is 1.79. The Hall–Kier alpha value is -3.61. The molecule has 3 atom stereocenters. The number of β-lactam (4-membered cyclic amide) rings is 1. The molecule has 0 spiro atoms. The number of hydrogen-bond acceptors (Lipinski definition) is 8. The number of ether oxygens (including phenoxy) is 1. The van der Waals surface area contributed by atoms with Gasteiger partial charge in [0.05, 0.1) is 5.69 Å². The van der Waals surface area contributed by atoms with Crippen LogP contribution in [-0.4, -0.2) is 79.5 Å². The van der Waals surface area contributed by atoms with E-state index in [1.165, 1.54) is 25.3 Å². The van der Waals surface area contributed by atoms with E-state index in [-0.39, 0.29) is 29.3 Å². The van der Waals surface area contributed by atoms with Gasteiger partial charge in [0, 0.05) is 24.4 Å². The van der Waals surface area contributed by atoms with Crippen molar-refractivity contribution in [2.75, 3.05) is 12.4 Å². The summed E-state index contributed by atoms with van der Waals surface area (Å²) in [6.07, 6.45) is 1.64. The number of nitrogens with one attached hydrogen (secondary N) is 1. The van der Waals surface area contributed by atoms with E-state index in [4.69, 9.17) is 4.74 Å². The van der Waals surface area contributed by atoms with Crippen LogP contribution in [0.1, 0.15) is 23.5 Å². The number of carbonyl (C=O) groups is 6. The van der Waals surface area contributed by atoms with E-state index in [0.717, 1.165) is 21.2 Å². The lowest BCUT2D eigenvalue weighted by atomic mass is 10.0. The topological polar surface area (TPSA) is 172 Å². The van der Waals surface area contributed by atoms with E-state index in [1.807, 2.05) is 0 Å². The maximum absolute atomic E-state index is 12.6. The maximum Gasteiger partial charge on any atom is 0.352 e. The number of aldehydes is 1. The highest BCUT2D eigenvalue weighted by molar-refractivity contribution is 8.00. The molecule has 0 saturated carbocycles. The van der Waals surface area contributed by atoms with Gasteiger partial charge in [-0.3, -0.25) is 24.1 Å². The molecule has 0 aliphatic carbocycles. The molecule has 1 saturated heterocycles. The van der Waals surface area contributed by atoms with Gasteiger partial charge in [0.15, 0.2) is 6.29 Å². The Bertz CT molecular complexity index is 1010. The molecule has 13 heteroatoms. The summed E-state index contributed by atoms with van der Waals surface area (Å²) in [4.78, 5) is 71.7. The first-order chi connectivity index (χ1) is 14.7. The third kappa shape index (κ3) is 4.03. The van der Waals surface area contributed by atoms with Crippen LogP contribution in [0, 0.1) is 0 Å². The molecular formula is C18H17N3O9S. The van der Waals surface area contributed by atoms with Gasteiger partial charge in [0.1, 0.15) is 23.7 Å². The molecule has 12 nitrogen and oxygen atoms in total. The molecule has 3 N–H and O–H groups in total. The lowest BCUT2D eigenvalue weighted by Crippen LogP contribution is -2.71. The summed E-state index contributed by atoms with van der Waals surface area (Å²) in [5.74, 6) is -5.18. The fourth-order valence-electron chi connectivity index (χ4n) is 3.31. The predicted octanol–water partition coefficient (Wildman–Crippen LogP) is -0.772. The minimum atomic E-state index is -1.79. The number of carboxylic acids is 2. The first kappa shape index (κ1) is 22.1. The fourth-order valence-corrected chi connectivity index (χ4v) is 4.64. The smallest absolute Gasteiger partial charge is 0.352 e. The first-order valence-corrected chi connectivity index (χ1v) is 9.90. The largest absolute Gasteiger partial charge is 0.479 e. The summed E-state index contributed by atoms with van der Waals surface area (Å²) in [7, 11) is 0. The van der Waals surface area contributed by atoms with Crippen LogP contribution in [0.5, 0.6) is 0 Å². The molecule has 0 bridgehead atoms. The molecule has 164 valence electrons. The van der Waals surface area contributed by atoms with Crippen molar-refractivity contribution in [1.29, 1.82) is 0 Å². The van der Waals surface area contributed by atoms with Crippen LogP contribution in [0.15, 0.2) is 29.6 Å². The van der Waals surface area contributed by atoms with Gasteiger partial charge in [-0.25, -0.2) is 9.59 Å². The summed E-state index contributed by atoms with van der Waals surface area (Å²) in [6, 6.07) is -0.217. The Kier molecular flexibility index (Phi) is 6.15. The minimum Gasteiger partial charge on any atom is -0.479 e. The van der Waals surface area contributed by atoms with Gasteiger partial charge >= 0.3 is 17.9 Å². The van der Waals surface area contributed by atoms with E-state index < -0.39 is 47.2 Å². The standard InChI is InChI=1S/C18H17N3O9S/c1-8(23)30-6-9-7-31-16-11(15(25)21(16)12(9)17(26)27)19-14(24)13(18(28)29)20-4-2-3-10(20)5-22/h2-5,11,13,16H,6-7H2,1H3,(H,19,24)(H,26,27)(H,28,29). The van der Waals surface area contributed by atoms with Gasteiger partial charge in [0.25, 0.3) is 11.8 Å². The molecular weight excluding hydrogens is 434 g/mol. The molecule has 0 aromatic carbocycles. The third-order valence-corrected chi connectivity index (χ3v) is 6.03. The summed E-state index contributed by atoms with van der Waals surface area (Å²) in [5.41, 5.74) is -0.139. The van der Waals surface area contributed by atoms with Crippen molar-refractivity contribution < 1.29 is 43.7 Å². The third-order valence-electron chi connectivity index (χ3n) is 4.69. The molecule has 2 aliphatic heterocycles. The molecule has 2 amide bonds. The second-order valence-corrected chi connectivity index (χ2v) is 7.74. The van der Waals surface area contributed by atoms with Gasteiger partial charge < -0.3 is 24.8 Å². The van der Waals surface area contributed by atoms with Crippen LogP contribution in [-0.2, 0) is 28.7 Å². The first-order valence-electron chi connectivity index (χ1n) is 8.86. The minimum absolute atomic E-state index is 0.0395. The molecule has 1 fully saturated rings. The Labute approximate surface area is 178 Å². The number of esters is 1. The summed E-state index contributed by atoms with van der Waals surface area (Å²) in [5, 5.41) is 20.6. The van der Waals surface area contributed by atoms with Gasteiger partial charge in [0.2, 0.25) is 6.04 Å². The van der Waals surface area contributed by atoms with Crippen LogP contribution < -0.4 is 5.32 Å². The number of carboxylic acid groups (broad SMARTS) is 2. The van der Waals surface area contributed by atoms with Crippen LogP contribution in [0.2, 0.25) is 0 Å². The lowest BCUT2D eigenvalue weighted by molar-refractivity contribution is -0.153. The molecule has 2 aliphatic rings. The average Bonchev–Trinajstić information content (AvgIpc) is 3.17. The van der Waals surface area contributed by atoms with Crippen molar-refractivity contribution in [1.82, 2.24) is 14.8 Å². The molecule has 3 rings (SSSR count). The van der Waals surface area contributed by atoms with Gasteiger partial charge in [-0.1, -0.05) is 0 Å². The molecule has 1 aromatic heterocycles. The number of amides is 2. The molecule has 31 heavy (non-hydrogen) atoms. The van der Waals surface area contributed by atoms with Crippen LogP contribution in [0.3, 0.4) is 0 Å².